The van der Waals surface area contributed by atoms with Crippen LogP contribution in [-0.2, 0) is 0 Å². The average Bonchev–Trinajstić information content (AvgIpc) is 2.72. The number of carboxylic acids is 1. The van der Waals surface area contributed by atoms with Gasteiger partial charge in [-0.05, 0) is 37.3 Å². The number of nitrogens with zero attached hydrogens (tertiary/aromatic N) is 2. The smallest absolute Gasteiger partial charge is 0.354 e. The predicted molar refractivity (Wildman–Crippen MR) is 74.7 cm³/mol. The van der Waals surface area contributed by atoms with Gasteiger partial charge in [-0.2, -0.15) is 0 Å². The zero-order chi connectivity index (χ0) is 14.5. The van der Waals surface area contributed by atoms with Crippen LogP contribution in [0.4, 0.5) is 0 Å². The molecule has 5 nitrogen and oxygen atoms in total. The maximum Gasteiger partial charge on any atom is 0.354 e. The molecule has 1 aliphatic heterocycles. The summed E-state index contributed by atoms with van der Waals surface area (Å²) in [6.07, 6.45) is 5.77. The lowest BCUT2D eigenvalue weighted by molar-refractivity contribution is 0.0687. The van der Waals surface area contributed by atoms with Gasteiger partial charge in [0.05, 0.1) is 5.56 Å². The standard InChI is InChI=1S/C15H20N2O3/c1-2-11-4-3-8-17(9-7-11)14(18)12-5-6-13(15(19)20)16-10-12/h5-6,10-11H,2-4,7-9H2,1H3,(H,19,20). The van der Waals surface area contributed by atoms with E-state index in [-0.39, 0.29) is 11.6 Å². The van der Waals surface area contributed by atoms with Gasteiger partial charge < -0.3 is 10.0 Å². The van der Waals surface area contributed by atoms with Gasteiger partial charge in [0, 0.05) is 19.3 Å². The van der Waals surface area contributed by atoms with Crippen molar-refractivity contribution in [3.8, 4) is 0 Å². The third-order valence-corrected chi connectivity index (χ3v) is 3.94. The summed E-state index contributed by atoms with van der Waals surface area (Å²) in [5.41, 5.74) is 0.424. The Morgan fingerprint density at radius 1 is 1.35 bits per heavy atom. The second-order valence-corrected chi connectivity index (χ2v) is 5.23. The topological polar surface area (TPSA) is 70.5 Å². The molecule has 1 N–H and O–H groups in total. The average molecular weight is 276 g/mol. The zero-order valence-electron chi connectivity index (χ0n) is 11.7. The third-order valence-electron chi connectivity index (χ3n) is 3.94. The molecule has 0 spiro atoms. The highest BCUT2D eigenvalue weighted by Crippen LogP contribution is 2.21. The third kappa shape index (κ3) is 3.35. The summed E-state index contributed by atoms with van der Waals surface area (Å²) >= 11 is 0. The Morgan fingerprint density at radius 2 is 2.15 bits per heavy atom. The fraction of sp³-hybridized carbons (Fsp3) is 0.533. The van der Waals surface area contributed by atoms with Crippen LogP contribution in [0.3, 0.4) is 0 Å². The summed E-state index contributed by atoms with van der Waals surface area (Å²) in [6, 6.07) is 2.92. The van der Waals surface area contributed by atoms with Crippen LogP contribution in [0.5, 0.6) is 0 Å². The molecule has 108 valence electrons. The van der Waals surface area contributed by atoms with Crippen LogP contribution in [-0.4, -0.2) is 40.0 Å². The second kappa shape index (κ2) is 6.50. The van der Waals surface area contributed by atoms with Crippen LogP contribution in [0.15, 0.2) is 18.3 Å². The van der Waals surface area contributed by atoms with Crippen molar-refractivity contribution in [3.63, 3.8) is 0 Å². The largest absolute Gasteiger partial charge is 0.477 e. The van der Waals surface area contributed by atoms with Gasteiger partial charge in [0.1, 0.15) is 5.69 Å². The van der Waals surface area contributed by atoms with Gasteiger partial charge >= 0.3 is 5.97 Å². The summed E-state index contributed by atoms with van der Waals surface area (Å²) in [5, 5.41) is 8.80. The van der Waals surface area contributed by atoms with Crippen molar-refractivity contribution in [1.29, 1.82) is 0 Å². The van der Waals surface area contributed by atoms with E-state index in [1.165, 1.54) is 18.7 Å². The Hall–Kier alpha value is -1.91. The minimum atomic E-state index is -1.08. The minimum absolute atomic E-state index is 0.0385. The molecule has 1 fully saturated rings. The number of pyridine rings is 1. The number of carbonyl (C=O) groups excluding carboxylic acids is 1. The maximum atomic E-state index is 12.4. The summed E-state index contributed by atoms with van der Waals surface area (Å²) in [6.45, 7) is 3.74. The molecular formula is C15H20N2O3. The number of amides is 1. The monoisotopic (exact) mass is 276 g/mol. The Balaban J connectivity index is 2.05. The normalized spacial score (nSPS) is 19.4. The number of hydrogen-bond acceptors (Lipinski definition) is 3. The quantitative estimate of drug-likeness (QED) is 0.920. The molecule has 0 radical (unpaired) electrons. The van der Waals surface area contributed by atoms with Crippen LogP contribution in [0.25, 0.3) is 0 Å². The molecule has 0 saturated carbocycles. The first kappa shape index (κ1) is 14.5. The summed E-state index contributed by atoms with van der Waals surface area (Å²) < 4.78 is 0. The molecule has 0 aliphatic carbocycles. The van der Waals surface area contributed by atoms with Crippen molar-refractivity contribution in [1.82, 2.24) is 9.88 Å². The number of likely N-dealkylation sites (tertiary alicyclic amines) is 1. The molecule has 1 atom stereocenters. The number of hydrogen-bond donors (Lipinski definition) is 1. The van der Waals surface area contributed by atoms with Crippen molar-refractivity contribution in [2.45, 2.75) is 32.6 Å². The molecule has 1 aromatic rings. The maximum absolute atomic E-state index is 12.4. The van der Waals surface area contributed by atoms with Gasteiger partial charge in [-0.15, -0.1) is 0 Å². The van der Waals surface area contributed by atoms with Crippen LogP contribution in [0, 0.1) is 5.92 Å². The van der Waals surface area contributed by atoms with Gasteiger partial charge in [0.25, 0.3) is 5.91 Å². The molecule has 2 rings (SSSR count). The molecule has 5 heteroatoms. The predicted octanol–water partition coefficient (Wildman–Crippen LogP) is 2.43. The van der Waals surface area contributed by atoms with E-state index in [9.17, 15) is 9.59 Å². The van der Waals surface area contributed by atoms with E-state index < -0.39 is 5.97 Å². The first-order valence-electron chi connectivity index (χ1n) is 7.10. The molecule has 2 heterocycles. The summed E-state index contributed by atoms with van der Waals surface area (Å²) in [4.78, 5) is 28.8. The molecule has 1 saturated heterocycles. The van der Waals surface area contributed by atoms with E-state index in [1.54, 1.807) is 6.07 Å². The molecule has 0 aromatic carbocycles. The molecule has 1 unspecified atom stereocenters. The zero-order valence-corrected chi connectivity index (χ0v) is 11.7. The van der Waals surface area contributed by atoms with Crippen LogP contribution >= 0.6 is 0 Å². The lowest BCUT2D eigenvalue weighted by Crippen LogP contribution is -2.32. The highest BCUT2D eigenvalue weighted by molar-refractivity contribution is 5.94. The number of carboxylic acid groups (broad SMARTS) is 1. The Labute approximate surface area is 118 Å². The van der Waals surface area contributed by atoms with Crippen molar-refractivity contribution in [2.75, 3.05) is 13.1 Å². The van der Waals surface area contributed by atoms with E-state index in [0.29, 0.717) is 11.5 Å². The Kier molecular flexibility index (Phi) is 4.71. The number of aromatic carboxylic acids is 1. The number of carbonyl (C=O) groups is 2. The Bertz CT molecular complexity index is 484. The van der Waals surface area contributed by atoms with E-state index in [1.807, 2.05) is 4.90 Å². The van der Waals surface area contributed by atoms with E-state index >= 15 is 0 Å². The molecule has 1 amide bonds. The van der Waals surface area contributed by atoms with Crippen molar-refractivity contribution >= 4 is 11.9 Å². The van der Waals surface area contributed by atoms with E-state index in [4.69, 9.17) is 5.11 Å². The van der Waals surface area contributed by atoms with Crippen molar-refractivity contribution < 1.29 is 14.7 Å². The molecule has 20 heavy (non-hydrogen) atoms. The lowest BCUT2D eigenvalue weighted by Gasteiger charge is -2.20. The van der Waals surface area contributed by atoms with Gasteiger partial charge in [-0.1, -0.05) is 13.3 Å². The summed E-state index contributed by atoms with van der Waals surface area (Å²) in [7, 11) is 0. The second-order valence-electron chi connectivity index (χ2n) is 5.23. The van der Waals surface area contributed by atoms with Gasteiger partial charge in [0.15, 0.2) is 0 Å². The summed E-state index contributed by atoms with van der Waals surface area (Å²) in [5.74, 6) is -0.420. The molecule has 1 aromatic heterocycles. The molecular weight excluding hydrogens is 256 g/mol. The molecule has 1 aliphatic rings. The first-order valence-corrected chi connectivity index (χ1v) is 7.10. The number of aromatic nitrogens is 1. The van der Waals surface area contributed by atoms with Crippen LogP contribution in [0.2, 0.25) is 0 Å². The van der Waals surface area contributed by atoms with Crippen molar-refractivity contribution in [2.24, 2.45) is 5.92 Å². The van der Waals surface area contributed by atoms with Crippen LogP contribution in [0.1, 0.15) is 53.5 Å². The fourth-order valence-corrected chi connectivity index (χ4v) is 2.61. The van der Waals surface area contributed by atoms with Gasteiger partial charge in [-0.25, -0.2) is 9.78 Å². The lowest BCUT2D eigenvalue weighted by atomic mass is 9.98. The van der Waals surface area contributed by atoms with E-state index in [0.717, 1.165) is 32.4 Å². The van der Waals surface area contributed by atoms with Crippen molar-refractivity contribution in [3.05, 3.63) is 29.6 Å². The first-order chi connectivity index (χ1) is 9.61. The Morgan fingerprint density at radius 3 is 2.75 bits per heavy atom. The van der Waals surface area contributed by atoms with E-state index in [2.05, 4.69) is 11.9 Å². The molecule has 0 bridgehead atoms. The number of rotatable bonds is 3. The van der Waals surface area contributed by atoms with Crippen LogP contribution < -0.4 is 0 Å². The minimum Gasteiger partial charge on any atom is -0.477 e. The fourth-order valence-electron chi connectivity index (χ4n) is 2.61. The van der Waals surface area contributed by atoms with Gasteiger partial charge in [0.2, 0.25) is 0 Å². The van der Waals surface area contributed by atoms with Gasteiger partial charge in [-0.3, -0.25) is 4.79 Å². The highest BCUT2D eigenvalue weighted by Gasteiger charge is 2.21. The highest BCUT2D eigenvalue weighted by atomic mass is 16.4. The SMILES string of the molecule is CCC1CCCN(C(=O)c2ccc(C(=O)O)nc2)CC1.